The van der Waals surface area contributed by atoms with Crippen molar-refractivity contribution in [2.45, 2.75) is 46.6 Å². The maximum atomic E-state index is 11.1. The van der Waals surface area contributed by atoms with Gasteiger partial charge < -0.3 is 5.11 Å². The van der Waals surface area contributed by atoms with Gasteiger partial charge in [0.25, 0.3) is 0 Å². The van der Waals surface area contributed by atoms with Gasteiger partial charge in [0, 0.05) is 12.1 Å². The fourth-order valence-corrected chi connectivity index (χ4v) is 2.05. The van der Waals surface area contributed by atoms with Gasteiger partial charge in [-0.25, -0.2) is 0 Å². The Morgan fingerprint density at radius 3 is 2.21 bits per heavy atom. The zero-order valence-electron chi connectivity index (χ0n) is 12.7. The molecular formula is C16H25NO2. The van der Waals surface area contributed by atoms with Gasteiger partial charge in [0.2, 0.25) is 0 Å². The van der Waals surface area contributed by atoms with E-state index in [0.717, 1.165) is 30.5 Å². The van der Waals surface area contributed by atoms with Crippen LogP contribution in [0.3, 0.4) is 0 Å². The quantitative estimate of drug-likeness (QED) is 0.828. The lowest BCUT2D eigenvalue weighted by Crippen LogP contribution is -2.23. The lowest BCUT2D eigenvalue weighted by Gasteiger charge is -2.24. The number of hydrogen-bond donors (Lipinski definition) is 1. The number of rotatable bonds is 5. The maximum Gasteiger partial charge on any atom is 0.153 e. The number of nitrogens with zero attached hydrogens (tertiary/aromatic N) is 1. The Hall–Kier alpha value is -1.35. The summed E-state index contributed by atoms with van der Waals surface area (Å²) in [6, 6.07) is 3.80. The summed E-state index contributed by atoms with van der Waals surface area (Å²) in [6.45, 7) is 13.0. The first-order chi connectivity index (χ1) is 8.83. The minimum absolute atomic E-state index is 0.0382. The second-order valence-corrected chi connectivity index (χ2v) is 5.90. The monoisotopic (exact) mass is 263 g/mol. The van der Waals surface area contributed by atoms with E-state index in [0.29, 0.717) is 12.1 Å². The van der Waals surface area contributed by atoms with Gasteiger partial charge in [-0.05, 0) is 30.1 Å². The van der Waals surface area contributed by atoms with E-state index in [2.05, 4.69) is 39.5 Å². The first-order valence-electron chi connectivity index (χ1n) is 6.87. The predicted molar refractivity (Wildman–Crippen MR) is 78.8 cm³/mol. The van der Waals surface area contributed by atoms with Crippen LogP contribution in [0.5, 0.6) is 5.75 Å². The Balaban J connectivity index is 3.25. The molecule has 0 fully saturated rings. The van der Waals surface area contributed by atoms with Crippen LogP contribution in [0.4, 0.5) is 0 Å². The highest BCUT2D eigenvalue weighted by atomic mass is 16.3. The van der Waals surface area contributed by atoms with Gasteiger partial charge in [0.15, 0.2) is 6.29 Å². The molecule has 1 aromatic rings. The van der Waals surface area contributed by atoms with Gasteiger partial charge in [0.05, 0.1) is 5.56 Å². The average Bonchev–Trinajstić information content (AvgIpc) is 2.36. The zero-order valence-corrected chi connectivity index (χ0v) is 12.7. The van der Waals surface area contributed by atoms with Crippen LogP contribution in [0.2, 0.25) is 0 Å². The molecule has 0 atom stereocenters. The predicted octanol–water partition coefficient (Wildman–Crippen LogP) is 3.34. The summed E-state index contributed by atoms with van der Waals surface area (Å²) >= 11 is 0. The molecule has 1 aromatic carbocycles. The minimum Gasteiger partial charge on any atom is -0.507 e. The molecule has 1 rings (SSSR count). The molecule has 0 bridgehead atoms. The molecule has 0 aliphatic carbocycles. The minimum atomic E-state index is -0.0382. The van der Waals surface area contributed by atoms with Gasteiger partial charge in [-0.2, -0.15) is 0 Å². The lowest BCUT2D eigenvalue weighted by atomic mass is 9.84. The van der Waals surface area contributed by atoms with Crippen molar-refractivity contribution in [2.24, 2.45) is 0 Å². The van der Waals surface area contributed by atoms with E-state index < -0.39 is 0 Å². The first-order valence-corrected chi connectivity index (χ1v) is 6.87. The maximum absolute atomic E-state index is 11.1. The Kier molecular flexibility index (Phi) is 5.12. The second-order valence-electron chi connectivity index (χ2n) is 5.90. The van der Waals surface area contributed by atoms with Crippen LogP contribution in [-0.2, 0) is 12.0 Å². The molecule has 0 saturated heterocycles. The molecule has 0 aliphatic heterocycles. The lowest BCUT2D eigenvalue weighted by molar-refractivity contribution is 0.112. The van der Waals surface area contributed by atoms with E-state index in [9.17, 15) is 9.90 Å². The van der Waals surface area contributed by atoms with Crippen molar-refractivity contribution in [3.05, 3.63) is 28.8 Å². The van der Waals surface area contributed by atoms with Crippen LogP contribution in [0.15, 0.2) is 12.1 Å². The molecule has 3 heteroatoms. The largest absolute Gasteiger partial charge is 0.507 e. The molecule has 0 radical (unpaired) electrons. The summed E-state index contributed by atoms with van der Waals surface area (Å²) in [5, 5.41) is 10.2. The molecule has 0 spiro atoms. The number of benzene rings is 1. The van der Waals surface area contributed by atoms with Crippen molar-refractivity contribution in [3.8, 4) is 5.75 Å². The summed E-state index contributed by atoms with van der Waals surface area (Å²) in [5.41, 5.74) is 2.26. The molecule has 1 N–H and O–H groups in total. The number of carbonyl (C=O) groups is 1. The van der Waals surface area contributed by atoms with Gasteiger partial charge in [0.1, 0.15) is 5.75 Å². The fourth-order valence-electron chi connectivity index (χ4n) is 2.05. The smallest absolute Gasteiger partial charge is 0.153 e. The van der Waals surface area contributed by atoms with Crippen molar-refractivity contribution in [1.29, 1.82) is 0 Å². The third-order valence-electron chi connectivity index (χ3n) is 3.50. The van der Waals surface area contributed by atoms with E-state index in [-0.39, 0.29) is 11.2 Å². The summed E-state index contributed by atoms with van der Waals surface area (Å²) in [6.07, 6.45) is 0.732. The molecule has 0 aromatic heterocycles. The van der Waals surface area contributed by atoms with E-state index in [4.69, 9.17) is 0 Å². The van der Waals surface area contributed by atoms with E-state index in [1.807, 2.05) is 6.07 Å². The Bertz CT molecular complexity index is 443. The normalized spacial score (nSPS) is 11.9. The summed E-state index contributed by atoms with van der Waals surface area (Å²) < 4.78 is 0. The van der Waals surface area contributed by atoms with Gasteiger partial charge in [-0.1, -0.05) is 40.7 Å². The molecule has 0 heterocycles. The Labute approximate surface area is 116 Å². The van der Waals surface area contributed by atoms with Crippen LogP contribution in [0.1, 0.15) is 56.1 Å². The first kappa shape index (κ1) is 15.7. The third kappa shape index (κ3) is 3.80. The second kappa shape index (κ2) is 6.20. The number of aldehydes is 1. The van der Waals surface area contributed by atoms with Crippen molar-refractivity contribution in [1.82, 2.24) is 4.90 Å². The number of hydrogen-bond acceptors (Lipinski definition) is 3. The van der Waals surface area contributed by atoms with Crippen LogP contribution >= 0.6 is 0 Å². The van der Waals surface area contributed by atoms with Crippen LogP contribution < -0.4 is 0 Å². The highest BCUT2D eigenvalue weighted by molar-refractivity contribution is 5.80. The Morgan fingerprint density at radius 2 is 1.79 bits per heavy atom. The van der Waals surface area contributed by atoms with Crippen molar-refractivity contribution < 1.29 is 9.90 Å². The third-order valence-corrected chi connectivity index (χ3v) is 3.50. The van der Waals surface area contributed by atoms with Gasteiger partial charge in [-0.3, -0.25) is 9.69 Å². The Morgan fingerprint density at radius 1 is 1.21 bits per heavy atom. The summed E-state index contributed by atoms with van der Waals surface area (Å²) in [5.74, 6) is 0.120. The highest BCUT2D eigenvalue weighted by Crippen LogP contribution is 2.31. The van der Waals surface area contributed by atoms with Crippen molar-refractivity contribution in [3.63, 3.8) is 0 Å². The number of phenols is 1. The van der Waals surface area contributed by atoms with Crippen LogP contribution in [0, 0.1) is 0 Å². The van der Waals surface area contributed by atoms with E-state index in [1.165, 1.54) is 0 Å². The molecule has 0 amide bonds. The standard InChI is InChI=1S/C16H25NO2/c1-6-17(7-2)10-12-8-14(16(3,4)5)9-13(11-18)15(12)19/h8-9,11,19H,6-7,10H2,1-5H3. The van der Waals surface area contributed by atoms with Gasteiger partial charge in [-0.15, -0.1) is 0 Å². The molecule has 19 heavy (non-hydrogen) atoms. The topological polar surface area (TPSA) is 40.5 Å². The van der Waals surface area contributed by atoms with Gasteiger partial charge >= 0.3 is 0 Å². The summed E-state index contributed by atoms with van der Waals surface area (Å²) in [7, 11) is 0. The molecule has 0 unspecified atom stereocenters. The van der Waals surface area contributed by atoms with E-state index in [1.54, 1.807) is 6.07 Å². The number of aromatic hydroxyl groups is 1. The summed E-state index contributed by atoms with van der Waals surface area (Å²) in [4.78, 5) is 13.3. The molecule has 0 aliphatic rings. The zero-order chi connectivity index (χ0) is 14.6. The fraction of sp³-hybridized carbons (Fsp3) is 0.562. The number of phenolic OH excluding ortho intramolecular Hbond substituents is 1. The molecular weight excluding hydrogens is 238 g/mol. The van der Waals surface area contributed by atoms with E-state index >= 15 is 0 Å². The van der Waals surface area contributed by atoms with Crippen LogP contribution in [-0.4, -0.2) is 29.4 Å². The highest BCUT2D eigenvalue weighted by Gasteiger charge is 2.19. The van der Waals surface area contributed by atoms with Crippen molar-refractivity contribution in [2.75, 3.05) is 13.1 Å². The number of carbonyl (C=O) groups excluding carboxylic acids is 1. The average molecular weight is 263 g/mol. The molecule has 3 nitrogen and oxygen atoms in total. The van der Waals surface area contributed by atoms with Crippen molar-refractivity contribution >= 4 is 6.29 Å². The van der Waals surface area contributed by atoms with Crippen LogP contribution in [0.25, 0.3) is 0 Å². The molecule has 0 saturated carbocycles. The molecule has 106 valence electrons. The SMILES string of the molecule is CCN(CC)Cc1cc(C(C)(C)C)cc(C=O)c1O.